The molecule has 0 spiro atoms. The maximum absolute atomic E-state index is 5.86. The number of rotatable bonds is 1. The van der Waals surface area contributed by atoms with E-state index in [4.69, 9.17) is 16.4 Å². The van der Waals surface area contributed by atoms with Crippen molar-refractivity contribution in [3.8, 4) is 0 Å². The van der Waals surface area contributed by atoms with Crippen LogP contribution in [0.5, 0.6) is 0 Å². The summed E-state index contributed by atoms with van der Waals surface area (Å²) < 4.78 is 0. The molecule has 12 heavy (non-hydrogen) atoms. The van der Waals surface area contributed by atoms with Crippen LogP contribution in [0.15, 0.2) is 24.4 Å². The Balaban J connectivity index is 2.39. The molecule has 0 radical (unpaired) electrons. The largest absolute Gasteiger partial charge is 0.272 e. The molecular weight excluding hydrogens is 176 g/mol. The van der Waals surface area contributed by atoms with E-state index in [0.717, 1.165) is 11.3 Å². The van der Waals surface area contributed by atoms with Crippen molar-refractivity contribution in [1.29, 1.82) is 0 Å². The van der Waals surface area contributed by atoms with Gasteiger partial charge in [0.05, 0.1) is 12.3 Å². The molecule has 1 N–H and O–H groups in total. The van der Waals surface area contributed by atoms with Crippen LogP contribution in [0.2, 0.25) is 5.15 Å². The smallest absolute Gasteiger partial charge is 0.138 e. The van der Waals surface area contributed by atoms with Crippen molar-refractivity contribution < 1.29 is 4.84 Å². The molecule has 0 saturated carbocycles. The van der Waals surface area contributed by atoms with Gasteiger partial charge in [-0.15, -0.1) is 0 Å². The van der Waals surface area contributed by atoms with E-state index in [1.807, 2.05) is 18.2 Å². The second kappa shape index (κ2) is 3.13. The monoisotopic (exact) mass is 182 g/mol. The Morgan fingerprint density at radius 2 is 2.50 bits per heavy atom. The maximum atomic E-state index is 5.86. The lowest BCUT2D eigenvalue weighted by atomic mass is 10.2. The van der Waals surface area contributed by atoms with E-state index < -0.39 is 0 Å². The van der Waals surface area contributed by atoms with Crippen molar-refractivity contribution in [2.45, 2.75) is 0 Å². The molecule has 0 amide bonds. The van der Waals surface area contributed by atoms with Gasteiger partial charge in [0.2, 0.25) is 0 Å². The predicted molar refractivity (Wildman–Crippen MR) is 46.3 cm³/mol. The van der Waals surface area contributed by atoms with E-state index in [0.29, 0.717) is 11.8 Å². The number of hydrogen-bond donors (Lipinski definition) is 1. The molecule has 4 heteroatoms. The predicted octanol–water partition coefficient (Wildman–Crippen LogP) is 1.61. The normalized spacial score (nSPS) is 15.6. The number of nitrogens with one attached hydrogen (secondary N) is 1. The van der Waals surface area contributed by atoms with E-state index in [9.17, 15) is 0 Å². The van der Waals surface area contributed by atoms with Crippen molar-refractivity contribution >= 4 is 17.3 Å². The van der Waals surface area contributed by atoms with Gasteiger partial charge in [0.25, 0.3) is 0 Å². The molecular formula is C8H7ClN2O. The standard InChI is InChI=1S/C8H7ClN2O/c9-8-6(2-1-4-10-8)7-3-5-12-11-7/h1-4,11H,5H2. The molecule has 1 aliphatic rings. The first-order valence-electron chi connectivity index (χ1n) is 3.57. The second-order valence-corrected chi connectivity index (χ2v) is 2.73. The lowest BCUT2D eigenvalue weighted by molar-refractivity contribution is 0.121. The number of hydroxylamine groups is 1. The minimum atomic E-state index is 0.488. The zero-order chi connectivity index (χ0) is 8.39. The molecule has 2 heterocycles. The molecule has 2 rings (SSSR count). The van der Waals surface area contributed by atoms with Gasteiger partial charge in [-0.2, -0.15) is 0 Å². The summed E-state index contributed by atoms with van der Waals surface area (Å²) in [4.78, 5) is 8.89. The lowest BCUT2D eigenvalue weighted by Gasteiger charge is -2.03. The Morgan fingerprint density at radius 3 is 3.17 bits per heavy atom. The molecule has 0 bridgehead atoms. The van der Waals surface area contributed by atoms with Crippen molar-refractivity contribution in [2.24, 2.45) is 0 Å². The summed E-state index contributed by atoms with van der Waals surface area (Å²) in [7, 11) is 0. The minimum absolute atomic E-state index is 0.488. The van der Waals surface area contributed by atoms with Gasteiger partial charge >= 0.3 is 0 Å². The number of nitrogens with zero attached hydrogens (tertiary/aromatic N) is 1. The van der Waals surface area contributed by atoms with Gasteiger partial charge in [0, 0.05) is 11.8 Å². The van der Waals surface area contributed by atoms with Crippen LogP contribution in [0.1, 0.15) is 5.56 Å². The van der Waals surface area contributed by atoms with Crippen LogP contribution in [-0.2, 0) is 4.84 Å². The molecule has 0 atom stereocenters. The maximum Gasteiger partial charge on any atom is 0.138 e. The fraction of sp³-hybridized carbons (Fsp3) is 0.125. The summed E-state index contributed by atoms with van der Waals surface area (Å²) >= 11 is 5.86. The SMILES string of the molecule is Clc1ncccc1C1=CCON1. The fourth-order valence-electron chi connectivity index (χ4n) is 1.04. The molecule has 0 saturated heterocycles. The number of halogens is 1. The molecule has 3 nitrogen and oxygen atoms in total. The molecule has 62 valence electrons. The Kier molecular flexibility index (Phi) is 1.98. The molecule has 1 aliphatic heterocycles. The third kappa shape index (κ3) is 1.29. The summed E-state index contributed by atoms with van der Waals surface area (Å²) in [5, 5.41) is 0.488. The number of pyridine rings is 1. The molecule has 0 unspecified atom stereocenters. The van der Waals surface area contributed by atoms with Crippen LogP contribution in [0, 0.1) is 0 Å². The Labute approximate surface area is 75.0 Å². The van der Waals surface area contributed by atoms with E-state index in [1.54, 1.807) is 6.20 Å². The van der Waals surface area contributed by atoms with Gasteiger partial charge in [0.15, 0.2) is 0 Å². The quantitative estimate of drug-likeness (QED) is 0.671. The van der Waals surface area contributed by atoms with Gasteiger partial charge in [-0.25, -0.2) is 4.98 Å². The average Bonchev–Trinajstić information content (AvgIpc) is 2.57. The number of hydrogen-bond acceptors (Lipinski definition) is 3. The zero-order valence-corrected chi connectivity index (χ0v) is 7.01. The highest BCUT2D eigenvalue weighted by molar-refractivity contribution is 6.31. The molecule has 1 aromatic rings. The van der Waals surface area contributed by atoms with E-state index in [2.05, 4.69) is 10.5 Å². The van der Waals surface area contributed by atoms with E-state index in [1.165, 1.54) is 0 Å². The van der Waals surface area contributed by atoms with E-state index in [-0.39, 0.29) is 0 Å². The van der Waals surface area contributed by atoms with Crippen LogP contribution in [0.3, 0.4) is 0 Å². The topological polar surface area (TPSA) is 34.1 Å². The summed E-state index contributed by atoms with van der Waals surface area (Å²) in [5.74, 6) is 0. The Bertz CT molecular complexity index is 325. The lowest BCUT2D eigenvalue weighted by Crippen LogP contribution is -2.05. The van der Waals surface area contributed by atoms with Crippen LogP contribution >= 0.6 is 11.6 Å². The summed E-state index contributed by atoms with van der Waals surface area (Å²) in [6.07, 6.45) is 3.57. The highest BCUT2D eigenvalue weighted by atomic mass is 35.5. The first-order chi connectivity index (χ1) is 5.88. The van der Waals surface area contributed by atoms with Gasteiger partial charge < -0.3 is 0 Å². The molecule has 0 fully saturated rings. The third-order valence-corrected chi connectivity index (χ3v) is 1.90. The summed E-state index contributed by atoms with van der Waals surface area (Å²) in [6, 6.07) is 3.73. The van der Waals surface area contributed by atoms with Gasteiger partial charge in [-0.3, -0.25) is 10.3 Å². The number of aromatic nitrogens is 1. The van der Waals surface area contributed by atoms with Crippen molar-refractivity contribution in [2.75, 3.05) is 6.61 Å². The van der Waals surface area contributed by atoms with Crippen molar-refractivity contribution in [3.63, 3.8) is 0 Å². The average molecular weight is 183 g/mol. The van der Waals surface area contributed by atoms with Gasteiger partial charge in [0.1, 0.15) is 5.15 Å². The zero-order valence-electron chi connectivity index (χ0n) is 6.25. The second-order valence-electron chi connectivity index (χ2n) is 2.37. The van der Waals surface area contributed by atoms with Crippen LogP contribution in [0.4, 0.5) is 0 Å². The molecule has 1 aromatic heterocycles. The van der Waals surface area contributed by atoms with Crippen molar-refractivity contribution in [3.05, 3.63) is 35.1 Å². The highest BCUT2D eigenvalue weighted by Gasteiger charge is 2.09. The first-order valence-corrected chi connectivity index (χ1v) is 3.94. The van der Waals surface area contributed by atoms with Crippen molar-refractivity contribution in [1.82, 2.24) is 10.5 Å². The Morgan fingerprint density at radius 1 is 1.58 bits per heavy atom. The van der Waals surface area contributed by atoms with E-state index >= 15 is 0 Å². The minimum Gasteiger partial charge on any atom is -0.272 e. The van der Waals surface area contributed by atoms with Gasteiger partial charge in [-0.1, -0.05) is 11.6 Å². The third-order valence-electron chi connectivity index (χ3n) is 1.60. The summed E-state index contributed by atoms with van der Waals surface area (Å²) in [6.45, 7) is 0.570. The highest BCUT2D eigenvalue weighted by Crippen LogP contribution is 2.20. The van der Waals surface area contributed by atoms with Crippen LogP contribution in [-0.4, -0.2) is 11.6 Å². The first kappa shape index (κ1) is 7.58. The van der Waals surface area contributed by atoms with Crippen LogP contribution < -0.4 is 5.48 Å². The molecule has 0 aromatic carbocycles. The Hall–Kier alpha value is -1.06. The van der Waals surface area contributed by atoms with Gasteiger partial charge in [-0.05, 0) is 18.2 Å². The fourth-order valence-corrected chi connectivity index (χ4v) is 1.26. The molecule has 0 aliphatic carbocycles. The van der Waals surface area contributed by atoms with Crippen LogP contribution in [0.25, 0.3) is 5.70 Å². The summed E-state index contributed by atoms with van der Waals surface area (Å²) in [5.41, 5.74) is 4.50.